The van der Waals surface area contributed by atoms with Crippen LogP contribution >= 0.6 is 64.8 Å². The van der Waals surface area contributed by atoms with Gasteiger partial charge >= 0.3 is 0 Å². The summed E-state index contributed by atoms with van der Waals surface area (Å²) in [7, 11) is 103. The zero-order chi connectivity index (χ0) is 43.1. The van der Waals surface area contributed by atoms with E-state index in [2.05, 4.69) is 33.8 Å². The molecular weight excluding hydrogens is 811 g/mol. The summed E-state index contributed by atoms with van der Waals surface area (Å²) < 4.78 is 1.14. The molecule has 38 heteroatoms. The van der Waals surface area contributed by atoms with E-state index in [4.69, 9.17) is 116 Å². The molecule has 270 valence electrons. The van der Waals surface area contributed by atoms with Gasteiger partial charge in [-0.15, -0.1) is 0 Å². The Morgan fingerprint density at radius 2 is 0.917 bits per heavy atom. The SMILES string of the molecule is C.C.CCCCCCCCCCCCCC(=O)NCCCCC1SSC2(SS1)SS2.[B].[B][B]B(B([B])[B])B(B(B([B])[B])B([B])[B])B(B(B([B])[B])B([B])[B])B(B([B])[B])B([B])[B]. The zero-order valence-corrected chi connectivity index (χ0v) is 39.5. The average Bonchev–Trinajstić information content (AvgIpc) is 3.88. The Bertz CT molecular complexity index is 996. The first-order valence-electron chi connectivity index (χ1n) is 20.4. The highest BCUT2D eigenvalue weighted by Crippen LogP contribution is 2.84. The Morgan fingerprint density at radius 3 is 1.27 bits per heavy atom. The summed E-state index contributed by atoms with van der Waals surface area (Å²) in [5.74, 6) is 0.258. The summed E-state index contributed by atoms with van der Waals surface area (Å²) in [4.78, 5) is 11.9. The summed E-state index contributed by atoms with van der Waals surface area (Å²) >= 11 is 0. The van der Waals surface area contributed by atoms with Crippen molar-refractivity contribution in [2.24, 2.45) is 0 Å². The predicted molar refractivity (Wildman–Crippen MR) is 326 cm³/mol. The molecule has 34 radical (unpaired) electrons. The standard InChI is InChI=1S/C20H37NOS6.2CH4.B29.B/c1-2-3-4-5-6-7-8-9-10-11-12-15-18(22)21-17-14-13-16-19-23-25-20(26-24-19)27-28-20;;;1-16-24(17(2)3)28(25(18(4)5)19(6)7)29(26(20(8)9)21(10)11)27(22(12)13)23(14)15;/h19H,2-17H2,1H3,(H,21,22);2*1H4;;. The highest BCUT2D eigenvalue weighted by atomic mass is 33.2. The van der Waals surface area contributed by atoms with Crippen LogP contribution < -0.4 is 5.32 Å². The lowest BCUT2D eigenvalue weighted by Crippen LogP contribution is -2.87. The lowest BCUT2D eigenvalue weighted by molar-refractivity contribution is -0.121. The highest BCUT2D eigenvalue weighted by molar-refractivity contribution is 9.14. The molecule has 0 unspecified atom stereocenters. The van der Waals surface area contributed by atoms with Crippen molar-refractivity contribution in [2.45, 2.75) is 125 Å². The molecule has 0 aromatic heterocycles. The third-order valence-electron chi connectivity index (χ3n) is 10.5. The summed E-state index contributed by atoms with van der Waals surface area (Å²) in [6.07, 6.45) is 7.14. The maximum absolute atomic E-state index is 11.9. The van der Waals surface area contributed by atoms with Crippen molar-refractivity contribution in [1.82, 2.24) is 5.32 Å². The third-order valence-corrected chi connectivity index (χ3v) is 24.4. The van der Waals surface area contributed by atoms with Gasteiger partial charge in [0.25, 0.3) is 0 Å². The maximum atomic E-state index is 11.9. The van der Waals surface area contributed by atoms with Gasteiger partial charge in [-0.2, -0.15) is 0 Å². The Labute approximate surface area is 423 Å². The first-order chi connectivity index (χ1) is 26.9. The number of amides is 1. The van der Waals surface area contributed by atoms with Gasteiger partial charge in [-0.25, -0.2) is 0 Å². The number of hydrogen-bond acceptors (Lipinski definition) is 7. The Hall–Kier alpha value is 3.52. The molecule has 0 bridgehead atoms. The molecule has 0 aliphatic carbocycles. The van der Waals surface area contributed by atoms with Crippen LogP contribution in [0.25, 0.3) is 0 Å². The van der Waals surface area contributed by atoms with Crippen molar-refractivity contribution in [2.75, 3.05) is 6.54 Å². The number of rotatable bonds is 30. The normalized spacial score (nSPS) is 13.2. The minimum Gasteiger partial charge on any atom is -0.356 e. The van der Waals surface area contributed by atoms with E-state index in [-0.39, 0.29) is 29.2 Å². The van der Waals surface area contributed by atoms with Crippen molar-refractivity contribution in [3.8, 4) is 0 Å². The molecule has 2 rings (SSSR count). The van der Waals surface area contributed by atoms with Crippen molar-refractivity contribution in [1.29, 1.82) is 0 Å². The molecular formula is C22H45B30NOS6. The summed E-state index contributed by atoms with van der Waals surface area (Å²) in [6, 6.07) is 0. The van der Waals surface area contributed by atoms with Crippen molar-refractivity contribution in [3.05, 3.63) is 0 Å². The molecule has 2 fully saturated rings. The number of hydrogen-bond donors (Lipinski definition) is 1. The average molecular weight is 856 g/mol. The summed E-state index contributed by atoms with van der Waals surface area (Å²) in [5.41, 5.74) is 0. The number of carbonyl (C=O) groups is 1. The van der Waals surface area contributed by atoms with E-state index in [1.54, 1.807) is 0 Å². The molecule has 0 saturated carbocycles. The molecule has 0 atom stereocenters. The lowest BCUT2D eigenvalue weighted by atomic mass is 8.32. The van der Waals surface area contributed by atoms with Gasteiger partial charge in [0.05, 0.1) is 4.58 Å². The van der Waals surface area contributed by atoms with Crippen LogP contribution in [-0.2, 0) is 4.79 Å². The van der Waals surface area contributed by atoms with Crippen LogP contribution in [-0.4, -0.2) is 234 Å². The Kier molecular flexibility index (Phi) is 43.4. The zero-order valence-electron chi connectivity index (χ0n) is 34.6. The number of nitrogens with one attached hydrogen (secondary N) is 1. The van der Waals surface area contributed by atoms with E-state index < -0.39 is 83.0 Å². The van der Waals surface area contributed by atoms with Gasteiger partial charge in [0.2, 0.25) is 5.91 Å². The van der Waals surface area contributed by atoms with Crippen LogP contribution in [0.3, 0.4) is 0 Å². The van der Waals surface area contributed by atoms with E-state index in [0.717, 1.165) is 30.4 Å². The molecule has 1 N–H and O–H groups in total. The van der Waals surface area contributed by atoms with Crippen LogP contribution in [0.1, 0.15) is 118 Å². The van der Waals surface area contributed by atoms with Gasteiger partial charge in [-0.3, -0.25) is 4.79 Å². The Morgan fingerprint density at radius 1 is 0.533 bits per heavy atom. The van der Waals surface area contributed by atoms with Crippen molar-refractivity contribution >= 4 is 285 Å². The quantitative estimate of drug-likeness (QED) is 0.0427. The number of carbonyl (C=O) groups excluding carboxylic acids is 1. The van der Waals surface area contributed by atoms with Crippen LogP contribution in [0.15, 0.2) is 0 Å². The van der Waals surface area contributed by atoms with E-state index in [9.17, 15) is 4.79 Å². The smallest absolute Gasteiger partial charge is 0.219 e. The lowest BCUT2D eigenvalue weighted by Gasteiger charge is -2.49. The predicted octanol–water partition coefficient (Wildman–Crippen LogP) is -1.07. The van der Waals surface area contributed by atoms with Crippen molar-refractivity contribution < 1.29 is 4.79 Å². The monoisotopic (exact) mass is 861 g/mol. The van der Waals surface area contributed by atoms with E-state index in [0.29, 0.717) is 2.74 Å². The topological polar surface area (TPSA) is 29.1 Å². The van der Waals surface area contributed by atoms with Gasteiger partial charge in [0.15, 0.2) is 2.74 Å². The van der Waals surface area contributed by atoms with Gasteiger partial charge in [-0.05, 0) is 47.3 Å². The second-order valence-corrected chi connectivity index (χ2v) is 24.9. The van der Waals surface area contributed by atoms with Crippen molar-refractivity contribution in [3.63, 3.8) is 0 Å². The fourth-order valence-corrected chi connectivity index (χ4v) is 21.0. The minimum absolute atomic E-state index is 0. The number of unbranched alkanes of at least 4 members (excludes halogenated alkanes) is 11. The molecule has 2 nitrogen and oxygen atoms in total. The molecule has 0 aromatic rings. The second-order valence-electron chi connectivity index (χ2n) is 15.3. The van der Waals surface area contributed by atoms with E-state index >= 15 is 0 Å². The molecule has 1 amide bonds. The summed E-state index contributed by atoms with van der Waals surface area (Å²) in [5, 5.41) is 3.11. The van der Waals surface area contributed by atoms with Crippen LogP contribution in [0.5, 0.6) is 0 Å². The van der Waals surface area contributed by atoms with Gasteiger partial charge < -0.3 is 5.32 Å². The van der Waals surface area contributed by atoms with Crippen LogP contribution in [0.4, 0.5) is 0 Å². The molecule has 60 heavy (non-hydrogen) atoms. The minimum atomic E-state index is -1.03. The van der Waals surface area contributed by atoms with Crippen LogP contribution in [0, 0.1) is 0 Å². The second kappa shape index (κ2) is 38.4. The molecule has 2 saturated heterocycles. The van der Waals surface area contributed by atoms with Crippen LogP contribution in [0.2, 0.25) is 0 Å². The molecule has 1 spiro atoms. The molecule has 2 aliphatic heterocycles. The first-order valence-corrected chi connectivity index (χ1v) is 27.0. The molecule has 2 heterocycles. The first kappa shape index (κ1) is 67.8. The van der Waals surface area contributed by atoms with E-state index in [1.807, 2.05) is 43.2 Å². The maximum Gasteiger partial charge on any atom is 0.219 e. The van der Waals surface area contributed by atoms with E-state index in [1.165, 1.54) is 84.1 Å². The largest absolute Gasteiger partial charge is 0.356 e. The van der Waals surface area contributed by atoms with Gasteiger partial charge in [0, 0.05) is 228 Å². The van der Waals surface area contributed by atoms with Gasteiger partial charge in [-0.1, -0.05) is 129 Å². The molecule has 0 aromatic carbocycles. The fourth-order valence-electron chi connectivity index (χ4n) is 7.51. The third kappa shape index (κ3) is 26.9. The fraction of sp³-hybridized carbons (Fsp3) is 0.955. The molecule has 2 aliphatic rings. The van der Waals surface area contributed by atoms with Gasteiger partial charge in [0.1, 0.15) is 0 Å². The summed E-state index contributed by atoms with van der Waals surface area (Å²) in [6.45, 7) is 3.13. The highest BCUT2D eigenvalue weighted by Gasteiger charge is 2.53. The Balaban J connectivity index is -0.00000103.